The zero-order chi connectivity index (χ0) is 18.3. The fourth-order valence-electron chi connectivity index (χ4n) is 3.32. The molecule has 1 saturated heterocycles. The normalized spacial score (nSPS) is 16.7. The number of nitrogens with one attached hydrogen (secondary N) is 2. The fraction of sp³-hybridized carbons (Fsp3) is 0.353. The highest BCUT2D eigenvalue weighted by atomic mass is 16.2. The number of aromatic nitrogens is 5. The van der Waals surface area contributed by atoms with Crippen molar-refractivity contribution in [1.29, 1.82) is 5.26 Å². The highest BCUT2D eigenvalue weighted by Crippen LogP contribution is 2.22. The molecule has 0 radical (unpaired) electrons. The van der Waals surface area contributed by atoms with Gasteiger partial charge in [-0.15, -0.1) is 5.10 Å². The van der Waals surface area contributed by atoms with Crippen LogP contribution in [0.5, 0.6) is 0 Å². The first-order valence-corrected chi connectivity index (χ1v) is 8.39. The van der Waals surface area contributed by atoms with E-state index in [2.05, 4.69) is 32.0 Å². The zero-order valence-corrected chi connectivity index (χ0v) is 14.5. The molecule has 1 atom stereocenters. The maximum Gasteiger partial charge on any atom is 0.280 e. The molecular formula is C17H18N8O. The average molecular weight is 350 g/mol. The molecule has 2 aromatic heterocycles. The fourth-order valence-corrected chi connectivity index (χ4v) is 3.32. The van der Waals surface area contributed by atoms with E-state index in [1.807, 2.05) is 13.0 Å². The van der Waals surface area contributed by atoms with Gasteiger partial charge in [0.15, 0.2) is 5.69 Å². The van der Waals surface area contributed by atoms with Gasteiger partial charge in [0.25, 0.3) is 5.91 Å². The molecule has 0 saturated carbocycles. The molecule has 132 valence electrons. The Balaban J connectivity index is 1.64. The van der Waals surface area contributed by atoms with Crippen LogP contribution in [0.25, 0.3) is 11.0 Å². The minimum Gasteiger partial charge on any atom is -0.315 e. The van der Waals surface area contributed by atoms with Crippen molar-refractivity contribution in [2.45, 2.75) is 19.4 Å². The van der Waals surface area contributed by atoms with E-state index < -0.39 is 0 Å². The number of para-hydroxylation sites is 1. The summed E-state index contributed by atoms with van der Waals surface area (Å²) in [5, 5.41) is 23.5. The van der Waals surface area contributed by atoms with Crippen molar-refractivity contribution < 1.29 is 4.79 Å². The van der Waals surface area contributed by atoms with Gasteiger partial charge in [-0.3, -0.25) is 10.1 Å². The second-order valence-corrected chi connectivity index (χ2v) is 6.35. The Morgan fingerprint density at radius 3 is 3.04 bits per heavy atom. The molecule has 0 spiro atoms. The second-order valence-electron chi connectivity index (χ2n) is 6.35. The molecule has 1 aliphatic rings. The molecule has 3 heterocycles. The van der Waals surface area contributed by atoms with Gasteiger partial charge in [0.1, 0.15) is 11.6 Å². The number of carbonyl (C=O) groups excluding carboxylic acids is 1. The van der Waals surface area contributed by atoms with Gasteiger partial charge in [-0.2, -0.15) is 5.26 Å². The highest BCUT2D eigenvalue weighted by molar-refractivity contribution is 6.03. The van der Waals surface area contributed by atoms with E-state index in [-0.39, 0.29) is 17.6 Å². The van der Waals surface area contributed by atoms with Crippen molar-refractivity contribution in [3.63, 3.8) is 0 Å². The second kappa shape index (κ2) is 6.24. The maximum absolute atomic E-state index is 12.7. The number of amides is 1. The lowest BCUT2D eigenvalue weighted by atomic mass is 10.2. The van der Waals surface area contributed by atoms with Crippen LogP contribution in [0.2, 0.25) is 0 Å². The molecule has 9 nitrogen and oxygen atoms in total. The van der Waals surface area contributed by atoms with Gasteiger partial charge in [0, 0.05) is 13.6 Å². The molecule has 1 unspecified atom stereocenters. The third-order valence-corrected chi connectivity index (χ3v) is 4.78. The number of rotatable bonds is 3. The number of aryl methyl sites for hydroxylation is 1. The van der Waals surface area contributed by atoms with Crippen molar-refractivity contribution >= 4 is 22.9 Å². The molecule has 0 bridgehead atoms. The van der Waals surface area contributed by atoms with Crippen LogP contribution in [0.15, 0.2) is 18.2 Å². The van der Waals surface area contributed by atoms with Crippen molar-refractivity contribution in [2.75, 3.05) is 18.4 Å². The van der Waals surface area contributed by atoms with Crippen LogP contribution in [-0.4, -0.2) is 43.5 Å². The van der Waals surface area contributed by atoms with Gasteiger partial charge in [0.2, 0.25) is 5.95 Å². The Morgan fingerprint density at radius 1 is 1.46 bits per heavy atom. The maximum atomic E-state index is 12.7. The van der Waals surface area contributed by atoms with Crippen molar-refractivity contribution in [3.8, 4) is 6.07 Å². The zero-order valence-electron chi connectivity index (χ0n) is 14.5. The standard InChI is InChI=1S/C17H18N8O/c1-10-14(22-23-25(10)12-6-7-19-9-12)16(26)21-17-20-15-11(8-18)4-3-5-13(15)24(17)2/h3-5,12,19H,6-7,9H2,1-2H3,(H,20,21,26). The third kappa shape index (κ3) is 2.51. The van der Waals surface area contributed by atoms with Crippen LogP contribution < -0.4 is 10.6 Å². The Labute approximate surface area is 149 Å². The Kier molecular flexibility index (Phi) is 3.89. The topological polar surface area (TPSA) is 113 Å². The number of nitriles is 1. The van der Waals surface area contributed by atoms with Crippen molar-refractivity contribution in [2.24, 2.45) is 7.05 Å². The lowest BCUT2D eigenvalue weighted by Crippen LogP contribution is -2.18. The van der Waals surface area contributed by atoms with Crippen molar-refractivity contribution in [3.05, 3.63) is 35.2 Å². The van der Waals surface area contributed by atoms with E-state index >= 15 is 0 Å². The average Bonchev–Trinajstić information content (AvgIpc) is 3.35. The summed E-state index contributed by atoms with van der Waals surface area (Å²) >= 11 is 0. The van der Waals surface area contributed by atoms with Gasteiger partial charge in [-0.05, 0) is 32.0 Å². The summed E-state index contributed by atoms with van der Waals surface area (Å²) in [5.74, 6) is 0.000743. The minimum absolute atomic E-state index is 0.220. The molecular weight excluding hydrogens is 332 g/mol. The number of anilines is 1. The molecule has 1 aromatic carbocycles. The number of nitrogens with zero attached hydrogens (tertiary/aromatic N) is 6. The predicted octanol–water partition coefficient (Wildman–Crippen LogP) is 1.13. The largest absolute Gasteiger partial charge is 0.315 e. The lowest BCUT2D eigenvalue weighted by molar-refractivity contribution is 0.102. The molecule has 26 heavy (non-hydrogen) atoms. The summed E-state index contributed by atoms with van der Waals surface area (Å²) < 4.78 is 3.55. The molecule has 1 fully saturated rings. The van der Waals surface area contributed by atoms with Crippen LogP contribution in [-0.2, 0) is 7.05 Å². The molecule has 3 aromatic rings. The quantitative estimate of drug-likeness (QED) is 0.732. The van der Waals surface area contributed by atoms with Gasteiger partial charge in [0.05, 0.1) is 22.8 Å². The number of fused-ring (bicyclic) bond motifs is 1. The van der Waals surface area contributed by atoms with Crippen molar-refractivity contribution in [1.82, 2.24) is 29.9 Å². The van der Waals surface area contributed by atoms with Crippen LogP contribution in [0.4, 0.5) is 5.95 Å². The van der Waals surface area contributed by atoms with E-state index in [0.29, 0.717) is 17.0 Å². The Bertz CT molecular complexity index is 1040. The molecule has 1 amide bonds. The first kappa shape index (κ1) is 16.2. The predicted molar refractivity (Wildman–Crippen MR) is 94.7 cm³/mol. The van der Waals surface area contributed by atoms with Crippen LogP contribution in [0.3, 0.4) is 0 Å². The number of benzene rings is 1. The van der Waals surface area contributed by atoms with Gasteiger partial charge in [-0.25, -0.2) is 9.67 Å². The summed E-state index contributed by atoms with van der Waals surface area (Å²) in [4.78, 5) is 17.1. The third-order valence-electron chi connectivity index (χ3n) is 4.78. The minimum atomic E-state index is -0.364. The Morgan fingerprint density at radius 2 is 2.31 bits per heavy atom. The summed E-state index contributed by atoms with van der Waals surface area (Å²) in [6.07, 6.45) is 0.965. The van der Waals surface area contributed by atoms with Crippen LogP contribution in [0, 0.1) is 18.3 Å². The van der Waals surface area contributed by atoms with E-state index in [4.69, 9.17) is 0 Å². The van der Waals surface area contributed by atoms with Gasteiger partial charge in [-0.1, -0.05) is 11.3 Å². The number of hydrogen-bond acceptors (Lipinski definition) is 6. The monoisotopic (exact) mass is 350 g/mol. The van der Waals surface area contributed by atoms with E-state index in [1.165, 1.54) is 0 Å². The molecule has 0 aliphatic carbocycles. The number of carbonyl (C=O) groups is 1. The number of imidazole rings is 1. The lowest BCUT2D eigenvalue weighted by Gasteiger charge is -2.10. The summed E-state index contributed by atoms with van der Waals surface area (Å²) in [6.45, 7) is 3.61. The molecule has 2 N–H and O–H groups in total. The summed E-state index contributed by atoms with van der Waals surface area (Å²) in [5.41, 5.74) is 2.81. The van der Waals surface area contributed by atoms with Gasteiger partial charge < -0.3 is 9.88 Å². The SMILES string of the molecule is Cc1c(C(=O)Nc2nc3c(C#N)cccc3n2C)nnn1C1CCNC1. The molecule has 9 heteroatoms. The van der Waals surface area contributed by atoms with E-state index in [1.54, 1.807) is 28.4 Å². The van der Waals surface area contributed by atoms with E-state index in [9.17, 15) is 10.1 Å². The van der Waals surface area contributed by atoms with Crippen LogP contribution in [0.1, 0.15) is 34.2 Å². The van der Waals surface area contributed by atoms with E-state index in [0.717, 1.165) is 30.7 Å². The highest BCUT2D eigenvalue weighted by Gasteiger charge is 2.24. The smallest absolute Gasteiger partial charge is 0.280 e. The summed E-state index contributed by atoms with van der Waals surface area (Å²) in [6, 6.07) is 7.69. The first-order chi connectivity index (χ1) is 12.6. The van der Waals surface area contributed by atoms with Crippen LogP contribution >= 0.6 is 0 Å². The first-order valence-electron chi connectivity index (χ1n) is 8.39. The Hall–Kier alpha value is -3.25. The summed E-state index contributed by atoms with van der Waals surface area (Å²) in [7, 11) is 1.79. The number of hydrogen-bond donors (Lipinski definition) is 2. The van der Waals surface area contributed by atoms with Gasteiger partial charge >= 0.3 is 0 Å². The molecule has 4 rings (SSSR count). The molecule has 1 aliphatic heterocycles.